The summed E-state index contributed by atoms with van der Waals surface area (Å²) in [4.78, 5) is 0. The van der Waals surface area contributed by atoms with Crippen LogP contribution in [0.25, 0.3) is 12.2 Å². The third-order valence-electron chi connectivity index (χ3n) is 2.72. The fourth-order valence-corrected chi connectivity index (χ4v) is 1.50. The van der Waals surface area contributed by atoms with E-state index in [0.717, 1.165) is 11.1 Å². The molecule has 0 saturated heterocycles. The van der Waals surface area contributed by atoms with E-state index < -0.39 is 0 Å². The van der Waals surface area contributed by atoms with Gasteiger partial charge in [-0.25, -0.2) is 0 Å². The van der Waals surface area contributed by atoms with Crippen molar-refractivity contribution in [2.75, 3.05) is 19.8 Å². The van der Waals surface area contributed by atoms with Crippen molar-refractivity contribution < 1.29 is 15.3 Å². The van der Waals surface area contributed by atoms with E-state index in [1.165, 1.54) is 0 Å². The van der Waals surface area contributed by atoms with E-state index in [-0.39, 0.29) is 25.7 Å². The average molecular weight is 264 g/mol. The first-order valence-corrected chi connectivity index (χ1v) is 6.39. The maximum absolute atomic E-state index is 8.51. The second-order valence-corrected chi connectivity index (χ2v) is 4.13. The van der Waals surface area contributed by atoms with E-state index >= 15 is 0 Å². The molecule has 0 aromatic heterocycles. The van der Waals surface area contributed by atoms with Crippen LogP contribution in [0.2, 0.25) is 0 Å². The van der Waals surface area contributed by atoms with Crippen molar-refractivity contribution >= 4 is 12.2 Å². The van der Waals surface area contributed by atoms with Crippen molar-refractivity contribution in [2.45, 2.75) is 12.8 Å². The van der Waals surface area contributed by atoms with Crippen LogP contribution in [0, 0.1) is 5.92 Å². The summed E-state index contributed by atoms with van der Waals surface area (Å²) in [5.74, 6) is -0.0443. The molecule has 0 fully saturated rings. The van der Waals surface area contributed by atoms with Crippen molar-refractivity contribution in [2.24, 2.45) is 5.92 Å². The first kappa shape index (κ1) is 17.6. The molecule has 0 radical (unpaired) electrons. The Bertz CT molecular complexity index is 330. The summed E-state index contributed by atoms with van der Waals surface area (Å²) in [5, 5.41) is 25.4. The lowest BCUT2D eigenvalue weighted by Gasteiger charge is -2.07. The standard InChI is InChI=1S/C10H10.C6H14O3/c1-3-9-7-5-6-8-10(9)4-2;7-3-1-2-6(4-8)5-9/h3-8H,1-2H2;6-9H,1-5H2. The zero-order valence-corrected chi connectivity index (χ0v) is 11.3. The second-order valence-electron chi connectivity index (χ2n) is 4.13. The molecule has 0 aliphatic heterocycles. The smallest absolute Gasteiger partial charge is 0.0481 e. The van der Waals surface area contributed by atoms with Gasteiger partial charge < -0.3 is 15.3 Å². The normalized spacial score (nSPS) is 9.68. The van der Waals surface area contributed by atoms with Gasteiger partial charge in [-0.3, -0.25) is 0 Å². The van der Waals surface area contributed by atoms with Crippen molar-refractivity contribution in [3.8, 4) is 0 Å². The predicted octanol–water partition coefficient (Wildman–Crippen LogP) is 2.33. The molecule has 0 atom stereocenters. The maximum atomic E-state index is 8.51. The Morgan fingerprint density at radius 1 is 0.947 bits per heavy atom. The predicted molar refractivity (Wildman–Crippen MR) is 80.6 cm³/mol. The highest BCUT2D eigenvalue weighted by atomic mass is 16.3. The molecule has 3 heteroatoms. The van der Waals surface area contributed by atoms with Crippen LogP contribution in [0.3, 0.4) is 0 Å². The van der Waals surface area contributed by atoms with Gasteiger partial charge in [0, 0.05) is 25.7 Å². The molecular formula is C16H24O3. The highest BCUT2D eigenvalue weighted by Gasteiger charge is 2.03. The van der Waals surface area contributed by atoms with Crippen LogP contribution in [0.5, 0.6) is 0 Å². The van der Waals surface area contributed by atoms with Crippen LogP contribution in [0.1, 0.15) is 24.0 Å². The molecule has 1 aromatic rings. The molecule has 1 aromatic carbocycles. The Labute approximate surface area is 115 Å². The molecule has 106 valence electrons. The van der Waals surface area contributed by atoms with E-state index in [1.54, 1.807) is 0 Å². The van der Waals surface area contributed by atoms with Gasteiger partial charge in [-0.2, -0.15) is 0 Å². The zero-order chi connectivity index (χ0) is 14.5. The molecule has 0 heterocycles. The van der Waals surface area contributed by atoms with Crippen molar-refractivity contribution in [3.05, 3.63) is 48.6 Å². The lowest BCUT2D eigenvalue weighted by Crippen LogP contribution is -2.11. The summed E-state index contributed by atoms with van der Waals surface area (Å²) < 4.78 is 0. The topological polar surface area (TPSA) is 60.7 Å². The highest BCUT2D eigenvalue weighted by Crippen LogP contribution is 2.10. The number of hydrogen-bond acceptors (Lipinski definition) is 3. The minimum absolute atomic E-state index is 0.0104. The summed E-state index contributed by atoms with van der Waals surface area (Å²) >= 11 is 0. The number of benzene rings is 1. The third-order valence-corrected chi connectivity index (χ3v) is 2.72. The van der Waals surface area contributed by atoms with Gasteiger partial charge in [0.05, 0.1) is 0 Å². The fraction of sp³-hybridized carbons (Fsp3) is 0.375. The molecule has 19 heavy (non-hydrogen) atoms. The summed E-state index contributed by atoms with van der Waals surface area (Å²) in [7, 11) is 0. The lowest BCUT2D eigenvalue weighted by atomic mass is 10.1. The molecule has 0 bridgehead atoms. The molecule has 0 spiro atoms. The number of hydrogen-bond donors (Lipinski definition) is 3. The molecule has 1 rings (SSSR count). The van der Waals surface area contributed by atoms with Gasteiger partial charge in [-0.1, -0.05) is 49.6 Å². The summed E-state index contributed by atoms with van der Waals surface area (Å²) in [6.45, 7) is 7.54. The van der Waals surface area contributed by atoms with E-state index in [1.807, 2.05) is 36.4 Å². The van der Waals surface area contributed by atoms with E-state index in [4.69, 9.17) is 15.3 Å². The summed E-state index contributed by atoms with van der Waals surface area (Å²) in [5.41, 5.74) is 2.27. The Kier molecular flexibility index (Phi) is 10.8. The minimum atomic E-state index is -0.0443. The quantitative estimate of drug-likeness (QED) is 0.708. The SMILES string of the molecule is C=Cc1ccccc1C=C.OCCCC(CO)CO. The molecule has 0 unspecified atom stereocenters. The molecule has 0 aliphatic rings. The van der Waals surface area contributed by atoms with Crippen molar-refractivity contribution in [1.82, 2.24) is 0 Å². The van der Waals surface area contributed by atoms with Crippen molar-refractivity contribution in [3.63, 3.8) is 0 Å². The monoisotopic (exact) mass is 264 g/mol. The van der Waals surface area contributed by atoms with E-state index in [0.29, 0.717) is 12.8 Å². The van der Waals surface area contributed by atoms with Crippen LogP contribution < -0.4 is 0 Å². The van der Waals surface area contributed by atoms with Gasteiger partial charge in [-0.15, -0.1) is 0 Å². The molecule has 3 N–H and O–H groups in total. The molecular weight excluding hydrogens is 240 g/mol. The van der Waals surface area contributed by atoms with Crippen LogP contribution in [-0.2, 0) is 0 Å². The van der Waals surface area contributed by atoms with Crippen molar-refractivity contribution in [1.29, 1.82) is 0 Å². The Morgan fingerprint density at radius 2 is 1.42 bits per heavy atom. The first-order valence-electron chi connectivity index (χ1n) is 6.39. The van der Waals surface area contributed by atoms with E-state index in [9.17, 15) is 0 Å². The largest absolute Gasteiger partial charge is 0.396 e. The van der Waals surface area contributed by atoms with Gasteiger partial charge in [0.15, 0.2) is 0 Å². The molecule has 0 aliphatic carbocycles. The highest BCUT2D eigenvalue weighted by molar-refractivity contribution is 5.63. The van der Waals surface area contributed by atoms with Gasteiger partial charge in [0.1, 0.15) is 0 Å². The van der Waals surface area contributed by atoms with Gasteiger partial charge in [0.2, 0.25) is 0 Å². The number of aliphatic hydroxyl groups excluding tert-OH is 3. The van der Waals surface area contributed by atoms with Crippen LogP contribution in [0.4, 0.5) is 0 Å². The van der Waals surface area contributed by atoms with Crippen LogP contribution >= 0.6 is 0 Å². The summed E-state index contributed by atoms with van der Waals surface area (Å²) in [6, 6.07) is 8.02. The Morgan fingerprint density at radius 3 is 1.74 bits per heavy atom. The Hall–Kier alpha value is -1.42. The number of aliphatic hydroxyl groups is 3. The molecule has 3 nitrogen and oxygen atoms in total. The van der Waals surface area contributed by atoms with Gasteiger partial charge in [-0.05, 0) is 24.0 Å². The van der Waals surface area contributed by atoms with Crippen LogP contribution in [-0.4, -0.2) is 35.1 Å². The average Bonchev–Trinajstić information content (AvgIpc) is 2.49. The lowest BCUT2D eigenvalue weighted by molar-refractivity contribution is 0.136. The van der Waals surface area contributed by atoms with Gasteiger partial charge in [0.25, 0.3) is 0 Å². The molecule has 0 amide bonds. The zero-order valence-electron chi connectivity index (χ0n) is 11.3. The maximum Gasteiger partial charge on any atom is 0.0481 e. The molecule has 0 saturated carbocycles. The summed E-state index contributed by atoms with van der Waals surface area (Å²) in [6.07, 6.45) is 5.02. The minimum Gasteiger partial charge on any atom is -0.396 e. The number of rotatable bonds is 7. The second kappa shape index (κ2) is 11.7. The third kappa shape index (κ3) is 7.57. The van der Waals surface area contributed by atoms with Gasteiger partial charge >= 0.3 is 0 Å². The Balaban J connectivity index is 0.000000344. The van der Waals surface area contributed by atoms with E-state index in [2.05, 4.69) is 13.2 Å². The first-order chi connectivity index (χ1) is 9.23. The fourth-order valence-electron chi connectivity index (χ4n) is 1.50. The van der Waals surface area contributed by atoms with Crippen LogP contribution in [0.15, 0.2) is 37.4 Å².